The third-order valence-electron chi connectivity index (χ3n) is 2.51. The Kier molecular flexibility index (Phi) is 3.33. The summed E-state index contributed by atoms with van der Waals surface area (Å²) in [5.41, 5.74) is 4.74. The average molecular weight is 236 g/mol. The van der Waals surface area contributed by atoms with Crippen molar-refractivity contribution in [2.75, 3.05) is 0 Å². The number of hydrazine groups is 1. The maximum Gasteiger partial charge on any atom is 0.123 e. The maximum atomic E-state index is 13.1. The first-order valence-corrected chi connectivity index (χ1v) is 5.86. The average Bonchev–Trinajstić information content (AvgIpc) is 2.67. The number of nitrogens with one attached hydrogen (secondary N) is 1. The minimum absolute atomic E-state index is 0.143. The Morgan fingerprint density at radius 1 is 1.38 bits per heavy atom. The Balaban J connectivity index is 2.40. The molecule has 0 aliphatic rings. The van der Waals surface area contributed by atoms with Gasteiger partial charge in [-0.25, -0.2) is 9.82 Å². The SMILES string of the molecule is Cc1ccsc1C(NN)c1cccc(F)c1. The molecule has 2 rings (SSSR count). The molecule has 0 saturated heterocycles. The quantitative estimate of drug-likeness (QED) is 0.635. The molecule has 4 heteroatoms. The molecule has 2 nitrogen and oxygen atoms in total. The molecule has 0 bridgehead atoms. The smallest absolute Gasteiger partial charge is 0.123 e. The van der Waals surface area contributed by atoms with Crippen LogP contribution in [0.3, 0.4) is 0 Å². The summed E-state index contributed by atoms with van der Waals surface area (Å²) in [5.74, 6) is 5.31. The molecule has 0 fully saturated rings. The molecule has 1 unspecified atom stereocenters. The van der Waals surface area contributed by atoms with Crippen molar-refractivity contribution in [1.82, 2.24) is 5.43 Å². The van der Waals surface area contributed by atoms with Gasteiger partial charge in [0, 0.05) is 4.88 Å². The highest BCUT2D eigenvalue weighted by Crippen LogP contribution is 2.28. The Bertz CT molecular complexity index is 481. The molecular formula is C12H13FN2S. The zero-order valence-electron chi connectivity index (χ0n) is 8.91. The van der Waals surface area contributed by atoms with Crippen molar-refractivity contribution in [1.29, 1.82) is 0 Å². The van der Waals surface area contributed by atoms with Gasteiger partial charge in [-0.1, -0.05) is 12.1 Å². The number of benzene rings is 1. The van der Waals surface area contributed by atoms with Crippen molar-refractivity contribution in [2.24, 2.45) is 5.84 Å². The Labute approximate surface area is 97.9 Å². The Morgan fingerprint density at radius 3 is 2.75 bits per heavy atom. The second-order valence-electron chi connectivity index (χ2n) is 3.62. The molecule has 0 aliphatic carbocycles. The monoisotopic (exact) mass is 236 g/mol. The molecule has 1 heterocycles. The molecule has 84 valence electrons. The predicted molar refractivity (Wildman–Crippen MR) is 64.6 cm³/mol. The van der Waals surface area contributed by atoms with Crippen LogP contribution in [0.5, 0.6) is 0 Å². The lowest BCUT2D eigenvalue weighted by molar-refractivity contribution is 0.608. The largest absolute Gasteiger partial charge is 0.271 e. The number of nitrogens with two attached hydrogens (primary N) is 1. The zero-order valence-corrected chi connectivity index (χ0v) is 9.72. The summed E-state index contributed by atoms with van der Waals surface area (Å²) in [6.45, 7) is 2.02. The van der Waals surface area contributed by atoms with E-state index in [9.17, 15) is 4.39 Å². The first-order chi connectivity index (χ1) is 7.72. The highest BCUT2D eigenvalue weighted by Gasteiger charge is 2.16. The molecule has 3 N–H and O–H groups in total. The normalized spacial score (nSPS) is 12.7. The van der Waals surface area contributed by atoms with Crippen LogP contribution in [0.4, 0.5) is 4.39 Å². The van der Waals surface area contributed by atoms with Gasteiger partial charge in [-0.3, -0.25) is 5.84 Å². The number of hydrogen-bond donors (Lipinski definition) is 2. The van der Waals surface area contributed by atoms with E-state index in [2.05, 4.69) is 5.43 Å². The van der Waals surface area contributed by atoms with Crippen LogP contribution in [-0.4, -0.2) is 0 Å². The van der Waals surface area contributed by atoms with Crippen molar-refractivity contribution < 1.29 is 4.39 Å². The molecule has 0 amide bonds. The van der Waals surface area contributed by atoms with Gasteiger partial charge in [-0.15, -0.1) is 11.3 Å². The van der Waals surface area contributed by atoms with Crippen LogP contribution >= 0.6 is 11.3 Å². The Hall–Kier alpha value is -1.23. The second kappa shape index (κ2) is 4.74. The van der Waals surface area contributed by atoms with E-state index in [1.54, 1.807) is 17.4 Å². The molecule has 0 saturated carbocycles. The first kappa shape index (κ1) is 11.3. The third kappa shape index (κ3) is 2.14. The fourth-order valence-electron chi connectivity index (χ4n) is 1.69. The molecule has 0 spiro atoms. The number of rotatable bonds is 3. The van der Waals surface area contributed by atoms with E-state index >= 15 is 0 Å². The van der Waals surface area contributed by atoms with Crippen molar-refractivity contribution >= 4 is 11.3 Å². The van der Waals surface area contributed by atoms with Crippen LogP contribution in [0.2, 0.25) is 0 Å². The number of hydrogen-bond acceptors (Lipinski definition) is 3. The second-order valence-corrected chi connectivity index (χ2v) is 4.57. The molecule has 1 aromatic carbocycles. The third-order valence-corrected chi connectivity index (χ3v) is 3.60. The minimum atomic E-state index is -0.244. The lowest BCUT2D eigenvalue weighted by Gasteiger charge is -2.16. The number of thiophene rings is 1. The number of halogens is 1. The van der Waals surface area contributed by atoms with Gasteiger partial charge in [0.25, 0.3) is 0 Å². The molecule has 0 aliphatic heterocycles. The van der Waals surface area contributed by atoms with E-state index in [1.807, 2.05) is 24.4 Å². The molecular weight excluding hydrogens is 223 g/mol. The summed E-state index contributed by atoms with van der Waals surface area (Å²) in [6, 6.07) is 8.38. The van der Waals surface area contributed by atoms with Crippen molar-refractivity contribution in [3.8, 4) is 0 Å². The van der Waals surface area contributed by atoms with E-state index in [-0.39, 0.29) is 11.9 Å². The van der Waals surface area contributed by atoms with Crippen LogP contribution in [0, 0.1) is 12.7 Å². The number of aryl methyl sites for hydroxylation is 1. The highest BCUT2D eigenvalue weighted by atomic mass is 32.1. The van der Waals surface area contributed by atoms with Gasteiger partial charge >= 0.3 is 0 Å². The minimum Gasteiger partial charge on any atom is -0.271 e. The summed E-state index contributed by atoms with van der Waals surface area (Å²) in [6.07, 6.45) is 0. The van der Waals surface area contributed by atoms with Gasteiger partial charge in [0.1, 0.15) is 5.82 Å². The van der Waals surface area contributed by atoms with E-state index in [1.165, 1.54) is 12.1 Å². The lowest BCUT2D eigenvalue weighted by atomic mass is 10.0. The zero-order chi connectivity index (χ0) is 11.5. The van der Waals surface area contributed by atoms with Gasteiger partial charge in [-0.2, -0.15) is 0 Å². The van der Waals surface area contributed by atoms with Crippen molar-refractivity contribution in [2.45, 2.75) is 13.0 Å². The fraction of sp³-hybridized carbons (Fsp3) is 0.167. The van der Waals surface area contributed by atoms with Crippen LogP contribution in [0.1, 0.15) is 22.0 Å². The van der Waals surface area contributed by atoms with Crippen molar-refractivity contribution in [3.63, 3.8) is 0 Å². The summed E-state index contributed by atoms with van der Waals surface area (Å²) < 4.78 is 13.1. The van der Waals surface area contributed by atoms with E-state index in [4.69, 9.17) is 5.84 Å². The highest BCUT2D eigenvalue weighted by molar-refractivity contribution is 7.10. The van der Waals surface area contributed by atoms with Crippen LogP contribution < -0.4 is 11.3 Å². The van der Waals surface area contributed by atoms with Crippen LogP contribution in [0.15, 0.2) is 35.7 Å². The van der Waals surface area contributed by atoms with Crippen LogP contribution in [-0.2, 0) is 0 Å². The van der Waals surface area contributed by atoms with Gasteiger partial charge in [0.2, 0.25) is 0 Å². The molecule has 16 heavy (non-hydrogen) atoms. The standard InChI is InChI=1S/C12H13FN2S/c1-8-5-6-16-12(8)11(15-14)9-3-2-4-10(13)7-9/h2-7,11,15H,14H2,1H3. The van der Waals surface area contributed by atoms with Crippen LogP contribution in [0.25, 0.3) is 0 Å². The fourth-order valence-corrected chi connectivity index (χ4v) is 2.70. The summed E-state index contributed by atoms with van der Waals surface area (Å²) in [4.78, 5) is 1.12. The van der Waals surface area contributed by atoms with E-state index < -0.39 is 0 Å². The molecule has 1 aromatic heterocycles. The lowest BCUT2D eigenvalue weighted by Crippen LogP contribution is -2.28. The summed E-state index contributed by atoms with van der Waals surface area (Å²) >= 11 is 1.62. The molecule has 2 aromatic rings. The van der Waals surface area contributed by atoms with E-state index in [0.717, 1.165) is 16.0 Å². The molecule has 1 atom stereocenters. The maximum absolute atomic E-state index is 13.1. The predicted octanol–water partition coefficient (Wildman–Crippen LogP) is 2.75. The molecule has 0 radical (unpaired) electrons. The van der Waals surface area contributed by atoms with Gasteiger partial charge in [-0.05, 0) is 41.6 Å². The first-order valence-electron chi connectivity index (χ1n) is 4.98. The van der Waals surface area contributed by atoms with Gasteiger partial charge in [0.15, 0.2) is 0 Å². The summed E-state index contributed by atoms with van der Waals surface area (Å²) in [5, 5.41) is 2.01. The topological polar surface area (TPSA) is 38.0 Å². The Morgan fingerprint density at radius 2 is 2.19 bits per heavy atom. The van der Waals surface area contributed by atoms with Gasteiger partial charge < -0.3 is 0 Å². The van der Waals surface area contributed by atoms with E-state index in [0.29, 0.717) is 0 Å². The van der Waals surface area contributed by atoms with Gasteiger partial charge in [0.05, 0.1) is 6.04 Å². The summed E-state index contributed by atoms with van der Waals surface area (Å²) in [7, 11) is 0. The van der Waals surface area contributed by atoms with Crippen molar-refractivity contribution in [3.05, 3.63) is 57.5 Å².